The van der Waals surface area contributed by atoms with E-state index in [1.807, 2.05) is 30.3 Å². The Kier molecular flexibility index (Phi) is 3.89. The maximum Gasteiger partial charge on any atom is 0.245 e. The van der Waals surface area contributed by atoms with Gasteiger partial charge in [0, 0.05) is 22.3 Å². The van der Waals surface area contributed by atoms with E-state index in [1.165, 1.54) is 0 Å². The predicted octanol–water partition coefficient (Wildman–Crippen LogP) is 3.63. The molecule has 0 aliphatic carbocycles. The first kappa shape index (κ1) is 14.4. The van der Waals surface area contributed by atoms with Crippen molar-refractivity contribution >= 4 is 39.1 Å². The van der Waals surface area contributed by atoms with Crippen molar-refractivity contribution in [2.45, 2.75) is 12.6 Å². The monoisotopic (exact) mass is 366 g/mol. The van der Waals surface area contributed by atoms with Crippen LogP contribution >= 0.6 is 27.5 Å². The quantitative estimate of drug-likeness (QED) is 0.870. The van der Waals surface area contributed by atoms with Gasteiger partial charge in [-0.15, -0.1) is 0 Å². The molecule has 0 radical (unpaired) electrons. The summed E-state index contributed by atoms with van der Waals surface area (Å²) >= 11 is 9.38. The Labute approximate surface area is 135 Å². The second-order valence-electron chi connectivity index (χ2n) is 4.76. The Bertz CT molecular complexity index is 721. The molecule has 2 aromatic carbocycles. The number of rotatable bonds is 3. The number of anilines is 1. The van der Waals surface area contributed by atoms with Crippen LogP contribution in [0.2, 0.25) is 5.02 Å². The minimum atomic E-state index is -0.627. The van der Waals surface area contributed by atoms with Crippen molar-refractivity contribution in [2.24, 2.45) is 5.73 Å². The summed E-state index contributed by atoms with van der Waals surface area (Å²) in [5.74, 6) is 0.437. The summed E-state index contributed by atoms with van der Waals surface area (Å²) in [6, 6.07) is 10.4. The van der Waals surface area contributed by atoms with E-state index in [9.17, 15) is 4.79 Å². The van der Waals surface area contributed by atoms with Gasteiger partial charge in [-0.3, -0.25) is 4.79 Å². The molecule has 6 heteroatoms. The van der Waals surface area contributed by atoms with Crippen LogP contribution < -0.4 is 15.8 Å². The van der Waals surface area contributed by atoms with E-state index in [2.05, 4.69) is 21.2 Å². The number of hydrogen-bond acceptors (Lipinski definition) is 3. The molecule has 1 aliphatic rings. The molecule has 3 rings (SSSR count). The van der Waals surface area contributed by atoms with Crippen LogP contribution in [0.4, 0.5) is 5.69 Å². The lowest BCUT2D eigenvalue weighted by Crippen LogP contribution is -2.19. The molecule has 0 saturated carbocycles. The van der Waals surface area contributed by atoms with Crippen molar-refractivity contribution in [3.63, 3.8) is 0 Å². The smallest absolute Gasteiger partial charge is 0.245 e. The minimum Gasteiger partial charge on any atom is -0.488 e. The SMILES string of the molecule is NC1C(=O)Nc2cc(OCc3cccc(Cl)c3)c(Br)cc21. The van der Waals surface area contributed by atoms with Gasteiger partial charge in [-0.05, 0) is 39.7 Å². The van der Waals surface area contributed by atoms with Crippen molar-refractivity contribution in [2.75, 3.05) is 5.32 Å². The average molecular weight is 368 g/mol. The molecule has 1 amide bonds. The second-order valence-corrected chi connectivity index (χ2v) is 6.05. The van der Waals surface area contributed by atoms with Crippen molar-refractivity contribution in [3.05, 3.63) is 57.0 Å². The molecule has 0 spiro atoms. The van der Waals surface area contributed by atoms with E-state index in [1.54, 1.807) is 6.07 Å². The highest BCUT2D eigenvalue weighted by Gasteiger charge is 2.28. The van der Waals surface area contributed by atoms with E-state index < -0.39 is 6.04 Å². The number of nitrogens with two attached hydrogens (primary N) is 1. The van der Waals surface area contributed by atoms with Gasteiger partial charge < -0.3 is 15.8 Å². The van der Waals surface area contributed by atoms with Crippen LogP contribution in [0.1, 0.15) is 17.2 Å². The van der Waals surface area contributed by atoms with Crippen LogP contribution in [0.25, 0.3) is 0 Å². The van der Waals surface area contributed by atoms with Gasteiger partial charge in [0.15, 0.2) is 0 Å². The summed E-state index contributed by atoms with van der Waals surface area (Å²) in [6.45, 7) is 0.387. The molecule has 0 fully saturated rings. The summed E-state index contributed by atoms with van der Waals surface area (Å²) < 4.78 is 6.54. The Hall–Kier alpha value is -1.56. The van der Waals surface area contributed by atoms with Crippen molar-refractivity contribution < 1.29 is 9.53 Å². The van der Waals surface area contributed by atoms with Gasteiger partial charge in [-0.2, -0.15) is 0 Å². The summed E-state index contributed by atoms with van der Waals surface area (Å²) in [4.78, 5) is 11.6. The molecule has 1 aliphatic heterocycles. The first-order valence-corrected chi connectivity index (χ1v) is 7.49. The van der Waals surface area contributed by atoms with E-state index in [0.717, 1.165) is 15.6 Å². The Morgan fingerprint density at radius 1 is 1.33 bits per heavy atom. The number of amides is 1. The van der Waals surface area contributed by atoms with Crippen LogP contribution in [0.5, 0.6) is 5.75 Å². The highest BCUT2D eigenvalue weighted by Crippen LogP contribution is 2.38. The molecule has 2 aromatic rings. The van der Waals surface area contributed by atoms with E-state index in [0.29, 0.717) is 23.1 Å². The number of fused-ring (bicyclic) bond motifs is 1. The number of benzene rings is 2. The molecule has 1 unspecified atom stereocenters. The third kappa shape index (κ3) is 2.90. The molecular formula is C15H12BrClN2O2. The highest BCUT2D eigenvalue weighted by atomic mass is 79.9. The number of carbonyl (C=O) groups excluding carboxylic acids is 1. The fraction of sp³-hybridized carbons (Fsp3) is 0.133. The Morgan fingerprint density at radius 3 is 2.90 bits per heavy atom. The molecule has 21 heavy (non-hydrogen) atoms. The molecule has 0 aromatic heterocycles. The molecule has 0 saturated heterocycles. The van der Waals surface area contributed by atoms with Crippen molar-refractivity contribution in [1.82, 2.24) is 0 Å². The first-order chi connectivity index (χ1) is 10.0. The lowest BCUT2D eigenvalue weighted by molar-refractivity contribution is -0.116. The van der Waals surface area contributed by atoms with Gasteiger partial charge in [0.05, 0.1) is 4.47 Å². The third-order valence-corrected chi connectivity index (χ3v) is 4.12. The van der Waals surface area contributed by atoms with Crippen LogP contribution in [-0.2, 0) is 11.4 Å². The summed E-state index contributed by atoms with van der Waals surface area (Å²) in [5, 5.41) is 3.41. The highest BCUT2D eigenvalue weighted by molar-refractivity contribution is 9.10. The molecule has 3 N–H and O–H groups in total. The van der Waals surface area contributed by atoms with E-state index in [4.69, 9.17) is 22.1 Å². The maximum atomic E-state index is 11.6. The topological polar surface area (TPSA) is 64.4 Å². The van der Waals surface area contributed by atoms with E-state index in [-0.39, 0.29) is 5.91 Å². The zero-order valence-electron chi connectivity index (χ0n) is 10.9. The van der Waals surface area contributed by atoms with Gasteiger partial charge in [-0.1, -0.05) is 23.7 Å². The van der Waals surface area contributed by atoms with Crippen LogP contribution in [0.3, 0.4) is 0 Å². The Morgan fingerprint density at radius 2 is 2.14 bits per heavy atom. The maximum absolute atomic E-state index is 11.6. The molecule has 1 atom stereocenters. The normalized spacial score (nSPS) is 16.5. The Balaban J connectivity index is 1.81. The summed E-state index contributed by atoms with van der Waals surface area (Å²) in [5.41, 5.74) is 8.23. The number of nitrogens with one attached hydrogen (secondary N) is 1. The summed E-state index contributed by atoms with van der Waals surface area (Å²) in [6.07, 6.45) is 0. The molecule has 4 nitrogen and oxygen atoms in total. The van der Waals surface area contributed by atoms with Crippen molar-refractivity contribution in [1.29, 1.82) is 0 Å². The lowest BCUT2D eigenvalue weighted by atomic mass is 10.1. The number of ether oxygens (including phenoxy) is 1. The zero-order chi connectivity index (χ0) is 15.0. The fourth-order valence-electron chi connectivity index (χ4n) is 2.18. The van der Waals surface area contributed by atoms with Crippen LogP contribution in [-0.4, -0.2) is 5.91 Å². The third-order valence-electron chi connectivity index (χ3n) is 3.26. The van der Waals surface area contributed by atoms with Gasteiger partial charge in [0.25, 0.3) is 0 Å². The standard InChI is InChI=1S/C15H12BrClN2O2/c16-11-5-10-12(19-15(20)14(10)18)6-13(11)21-7-8-2-1-3-9(17)4-8/h1-6,14H,7,18H2,(H,19,20). The zero-order valence-corrected chi connectivity index (χ0v) is 13.2. The molecule has 1 heterocycles. The first-order valence-electron chi connectivity index (χ1n) is 6.32. The van der Waals surface area contributed by atoms with E-state index >= 15 is 0 Å². The number of halogens is 2. The van der Waals surface area contributed by atoms with Crippen LogP contribution in [0, 0.1) is 0 Å². The average Bonchev–Trinajstić information content (AvgIpc) is 2.72. The van der Waals surface area contributed by atoms with Crippen LogP contribution in [0.15, 0.2) is 40.9 Å². The molecule has 0 bridgehead atoms. The lowest BCUT2D eigenvalue weighted by Gasteiger charge is -2.11. The minimum absolute atomic E-state index is 0.205. The summed E-state index contributed by atoms with van der Waals surface area (Å²) in [7, 11) is 0. The fourth-order valence-corrected chi connectivity index (χ4v) is 2.87. The van der Waals surface area contributed by atoms with Gasteiger partial charge in [0.2, 0.25) is 5.91 Å². The molecule has 108 valence electrons. The predicted molar refractivity (Wildman–Crippen MR) is 85.5 cm³/mol. The second kappa shape index (κ2) is 5.67. The van der Waals surface area contributed by atoms with Crippen molar-refractivity contribution in [3.8, 4) is 5.75 Å². The van der Waals surface area contributed by atoms with Gasteiger partial charge in [0.1, 0.15) is 18.4 Å². The number of carbonyl (C=O) groups is 1. The largest absolute Gasteiger partial charge is 0.488 e. The van der Waals surface area contributed by atoms with Gasteiger partial charge in [-0.25, -0.2) is 0 Å². The number of hydrogen-bond donors (Lipinski definition) is 2. The molecular weight excluding hydrogens is 356 g/mol. The van der Waals surface area contributed by atoms with Gasteiger partial charge >= 0.3 is 0 Å².